The third-order valence-corrected chi connectivity index (χ3v) is 1.92. The highest BCUT2D eigenvalue weighted by Gasteiger charge is 1.94. The Bertz CT molecular complexity index is 228. The number of hydrogen-bond donors (Lipinski definition) is 1. The van der Waals surface area contributed by atoms with Crippen molar-refractivity contribution in [3.05, 3.63) is 21.0 Å². The maximum Gasteiger partial charge on any atom is 0.130 e. The summed E-state index contributed by atoms with van der Waals surface area (Å²) < 4.78 is 0.750. The summed E-state index contributed by atoms with van der Waals surface area (Å²) in [6.07, 6.45) is 0. The lowest BCUT2D eigenvalue weighted by Crippen LogP contribution is -1.91. The van der Waals surface area contributed by atoms with E-state index in [9.17, 15) is 0 Å². The Hall–Kier alpha value is -0.0300. The minimum Gasteiger partial charge on any atom is -0.397 e. The van der Waals surface area contributed by atoms with E-state index in [4.69, 9.17) is 17.3 Å². The lowest BCUT2D eigenvalue weighted by molar-refractivity contribution is 1.28. The van der Waals surface area contributed by atoms with Crippen molar-refractivity contribution in [1.82, 2.24) is 4.98 Å². The summed E-state index contributed by atoms with van der Waals surface area (Å²) in [4.78, 5) is 3.90. The zero-order valence-electron chi connectivity index (χ0n) is 6.44. The van der Waals surface area contributed by atoms with Gasteiger partial charge in [0.2, 0.25) is 0 Å². The summed E-state index contributed by atoms with van der Waals surface area (Å²) in [7, 11) is 0. The lowest BCUT2D eigenvalue weighted by Gasteiger charge is -1.94. The number of aromatic nitrogens is 1. The summed E-state index contributed by atoms with van der Waals surface area (Å²) in [5, 5.41) is 0.480. The summed E-state index contributed by atoms with van der Waals surface area (Å²) in [5.74, 6) is 0. The number of rotatable bonds is 0. The van der Waals surface area contributed by atoms with Gasteiger partial charge in [-0.05, 0) is 34.7 Å². The summed E-state index contributed by atoms with van der Waals surface area (Å²) in [6.45, 7) is 4.00. The van der Waals surface area contributed by atoms with Crippen molar-refractivity contribution in [2.24, 2.45) is 0 Å². The average Bonchev–Trinajstić information content (AvgIpc) is 2.02. The molecule has 0 aromatic carbocycles. The first-order valence-corrected chi connectivity index (χ1v) is 4.73. The number of nitrogen functional groups attached to an aromatic ring is 1. The number of nitrogens with zero attached hydrogens (tertiary/aromatic N) is 1. The van der Waals surface area contributed by atoms with Crippen LogP contribution in [0.15, 0.2) is 12.1 Å². The molecule has 1 heterocycles. The van der Waals surface area contributed by atoms with Crippen molar-refractivity contribution in [2.75, 3.05) is 5.73 Å². The molecular formula is C7H10ClIN2. The van der Waals surface area contributed by atoms with Gasteiger partial charge in [0.25, 0.3) is 0 Å². The van der Waals surface area contributed by atoms with Crippen LogP contribution in [0.4, 0.5) is 5.69 Å². The van der Waals surface area contributed by atoms with Crippen molar-refractivity contribution < 1.29 is 0 Å². The van der Waals surface area contributed by atoms with E-state index in [1.165, 1.54) is 0 Å². The summed E-state index contributed by atoms with van der Waals surface area (Å²) in [6, 6.07) is 3.40. The number of nitrogens with two attached hydrogens (primary N) is 1. The van der Waals surface area contributed by atoms with Crippen LogP contribution in [0.3, 0.4) is 0 Å². The highest BCUT2D eigenvalue weighted by molar-refractivity contribution is 14.1. The van der Waals surface area contributed by atoms with Gasteiger partial charge in [0, 0.05) is 0 Å². The molecule has 62 valence electrons. The highest BCUT2D eigenvalue weighted by Crippen LogP contribution is 2.14. The van der Waals surface area contributed by atoms with Gasteiger partial charge in [-0.3, -0.25) is 0 Å². The van der Waals surface area contributed by atoms with E-state index < -0.39 is 0 Å². The highest BCUT2D eigenvalue weighted by atomic mass is 127. The van der Waals surface area contributed by atoms with Crippen molar-refractivity contribution >= 4 is 39.9 Å². The fourth-order valence-electron chi connectivity index (χ4n) is 0.423. The molecule has 0 spiro atoms. The minimum absolute atomic E-state index is 0.480. The maximum atomic E-state index is 5.55. The Morgan fingerprint density at radius 2 is 2.00 bits per heavy atom. The first kappa shape index (κ1) is 11.0. The van der Waals surface area contributed by atoms with Crippen LogP contribution in [-0.4, -0.2) is 4.98 Å². The number of hydrogen-bond acceptors (Lipinski definition) is 2. The van der Waals surface area contributed by atoms with Crippen LogP contribution in [0.25, 0.3) is 0 Å². The van der Waals surface area contributed by atoms with Crippen LogP contribution in [0.1, 0.15) is 13.8 Å². The van der Waals surface area contributed by atoms with Gasteiger partial charge in [0.05, 0.1) is 5.69 Å². The fourth-order valence-corrected chi connectivity index (χ4v) is 1.15. The summed E-state index contributed by atoms with van der Waals surface area (Å²) >= 11 is 7.57. The Morgan fingerprint density at radius 3 is 2.36 bits per heavy atom. The normalized spacial score (nSPS) is 8.36. The molecule has 1 aromatic heterocycles. The lowest BCUT2D eigenvalue weighted by atomic mass is 10.4. The molecule has 0 aliphatic rings. The zero-order chi connectivity index (χ0) is 8.85. The molecule has 0 bridgehead atoms. The molecule has 0 unspecified atom stereocenters. The van der Waals surface area contributed by atoms with Gasteiger partial charge < -0.3 is 5.73 Å². The Kier molecular flexibility index (Phi) is 5.58. The largest absolute Gasteiger partial charge is 0.397 e. The molecule has 0 aliphatic carbocycles. The predicted molar refractivity (Wildman–Crippen MR) is 57.7 cm³/mol. The van der Waals surface area contributed by atoms with Crippen LogP contribution in [0.2, 0.25) is 5.15 Å². The van der Waals surface area contributed by atoms with E-state index in [0.29, 0.717) is 10.8 Å². The van der Waals surface area contributed by atoms with Gasteiger partial charge in [-0.1, -0.05) is 25.4 Å². The minimum atomic E-state index is 0.480. The van der Waals surface area contributed by atoms with Crippen LogP contribution < -0.4 is 5.73 Å². The number of anilines is 1. The molecule has 0 saturated carbocycles. The molecule has 1 rings (SSSR count). The molecule has 0 saturated heterocycles. The first-order valence-electron chi connectivity index (χ1n) is 3.27. The van der Waals surface area contributed by atoms with E-state index in [1.807, 2.05) is 36.4 Å². The molecular weight excluding hydrogens is 274 g/mol. The average molecular weight is 285 g/mol. The van der Waals surface area contributed by atoms with Gasteiger partial charge in [0.1, 0.15) is 8.85 Å². The SMILES string of the molecule is CC.Nc1ccc(Cl)nc1I. The van der Waals surface area contributed by atoms with Crippen molar-refractivity contribution in [1.29, 1.82) is 0 Å². The molecule has 4 heteroatoms. The van der Waals surface area contributed by atoms with Crippen LogP contribution >= 0.6 is 34.2 Å². The quantitative estimate of drug-likeness (QED) is 0.587. The van der Waals surface area contributed by atoms with Crippen molar-refractivity contribution in [3.8, 4) is 0 Å². The van der Waals surface area contributed by atoms with E-state index >= 15 is 0 Å². The standard InChI is InChI=1S/C5H4ClIN2.C2H6/c6-4-2-1-3(8)5(7)9-4;1-2/h1-2H,8H2;1-2H3. The Morgan fingerprint density at radius 1 is 1.45 bits per heavy atom. The monoisotopic (exact) mass is 284 g/mol. The molecule has 0 aliphatic heterocycles. The van der Waals surface area contributed by atoms with Gasteiger partial charge in [0.15, 0.2) is 0 Å². The second-order valence-electron chi connectivity index (χ2n) is 1.51. The van der Waals surface area contributed by atoms with Crippen LogP contribution in [-0.2, 0) is 0 Å². The van der Waals surface area contributed by atoms with Crippen LogP contribution in [0, 0.1) is 3.70 Å². The molecule has 1 aromatic rings. The number of pyridine rings is 1. The second-order valence-corrected chi connectivity index (χ2v) is 2.92. The third kappa shape index (κ3) is 3.76. The Labute approximate surface area is 85.3 Å². The topological polar surface area (TPSA) is 38.9 Å². The van der Waals surface area contributed by atoms with E-state index in [-0.39, 0.29) is 0 Å². The van der Waals surface area contributed by atoms with Gasteiger partial charge in [-0.25, -0.2) is 4.98 Å². The van der Waals surface area contributed by atoms with Crippen molar-refractivity contribution in [2.45, 2.75) is 13.8 Å². The fraction of sp³-hybridized carbons (Fsp3) is 0.286. The zero-order valence-corrected chi connectivity index (χ0v) is 9.35. The van der Waals surface area contributed by atoms with E-state index in [1.54, 1.807) is 12.1 Å². The molecule has 11 heavy (non-hydrogen) atoms. The molecule has 0 amide bonds. The van der Waals surface area contributed by atoms with Gasteiger partial charge in [-0.2, -0.15) is 0 Å². The Balaban J connectivity index is 0.000000461. The second kappa shape index (κ2) is 5.60. The van der Waals surface area contributed by atoms with E-state index in [0.717, 1.165) is 3.70 Å². The third-order valence-electron chi connectivity index (χ3n) is 0.844. The van der Waals surface area contributed by atoms with Crippen LogP contribution in [0.5, 0.6) is 0 Å². The molecule has 0 atom stereocenters. The molecule has 0 radical (unpaired) electrons. The number of halogens is 2. The van der Waals surface area contributed by atoms with E-state index in [2.05, 4.69) is 4.98 Å². The van der Waals surface area contributed by atoms with Gasteiger partial charge in [-0.15, -0.1) is 0 Å². The molecule has 2 N–H and O–H groups in total. The smallest absolute Gasteiger partial charge is 0.130 e. The summed E-state index contributed by atoms with van der Waals surface area (Å²) in [5.41, 5.74) is 6.13. The van der Waals surface area contributed by atoms with Crippen molar-refractivity contribution in [3.63, 3.8) is 0 Å². The molecule has 0 fully saturated rings. The van der Waals surface area contributed by atoms with Gasteiger partial charge >= 0.3 is 0 Å². The maximum absolute atomic E-state index is 5.55. The first-order chi connectivity index (χ1) is 5.20. The molecule has 2 nitrogen and oxygen atoms in total. The predicted octanol–water partition coefficient (Wildman–Crippen LogP) is 2.95.